The highest BCUT2D eigenvalue weighted by molar-refractivity contribution is 8.26. The zero-order chi connectivity index (χ0) is 23.7. The number of methoxy groups -OCH3 is 1. The van der Waals surface area contributed by atoms with E-state index in [0.717, 1.165) is 11.8 Å². The molecule has 1 saturated heterocycles. The predicted octanol–water partition coefficient (Wildman–Crippen LogP) is 4.49. The Kier molecular flexibility index (Phi) is 5.91. The summed E-state index contributed by atoms with van der Waals surface area (Å²) in [5.74, 6) is 1.19. The monoisotopic (exact) mass is 491 g/mol. The van der Waals surface area contributed by atoms with Crippen LogP contribution in [0.25, 0.3) is 11.7 Å². The average molecular weight is 492 g/mol. The molecule has 4 heterocycles. The maximum absolute atomic E-state index is 13.4. The molecule has 34 heavy (non-hydrogen) atoms. The topological polar surface area (TPSA) is 86.3 Å². The average Bonchev–Trinajstić information content (AvgIpc) is 3.46. The van der Waals surface area contributed by atoms with E-state index in [1.165, 1.54) is 28.7 Å². The van der Waals surface area contributed by atoms with E-state index in [0.29, 0.717) is 27.2 Å². The van der Waals surface area contributed by atoms with Crippen molar-refractivity contribution in [2.45, 2.75) is 6.54 Å². The van der Waals surface area contributed by atoms with Gasteiger partial charge in [-0.3, -0.25) is 18.9 Å². The molecule has 0 N–H and O–H groups in total. The molecular formula is C24H17N3O5S2. The van der Waals surface area contributed by atoms with Crippen molar-refractivity contribution in [1.82, 2.24) is 14.3 Å². The van der Waals surface area contributed by atoms with Crippen LogP contribution in [0, 0.1) is 0 Å². The van der Waals surface area contributed by atoms with Crippen LogP contribution in [-0.4, -0.2) is 31.6 Å². The molecule has 170 valence electrons. The fourth-order valence-electron chi connectivity index (χ4n) is 3.42. The zero-order valence-electron chi connectivity index (χ0n) is 17.8. The van der Waals surface area contributed by atoms with Crippen molar-refractivity contribution in [2.24, 2.45) is 0 Å². The van der Waals surface area contributed by atoms with Crippen LogP contribution in [-0.2, 0) is 11.3 Å². The number of hydrogen-bond donors (Lipinski definition) is 0. The van der Waals surface area contributed by atoms with Crippen molar-refractivity contribution in [1.29, 1.82) is 0 Å². The van der Waals surface area contributed by atoms with Crippen LogP contribution in [0.1, 0.15) is 11.3 Å². The number of carbonyl (C=O) groups excluding carboxylic acids is 1. The standard InChI is InChI=1S/C24H17N3O5S2/c1-30-17-8-2-3-9-18(17)32-21-16(22(28)26-11-5-4-10-20(26)25-21)13-19-23(29)27(24(33)34-19)14-15-7-6-12-31-15/h2-13H,14H2,1H3. The van der Waals surface area contributed by atoms with Crippen molar-refractivity contribution in [3.05, 3.63) is 93.6 Å². The number of furan rings is 1. The Hall–Kier alpha value is -3.89. The van der Waals surface area contributed by atoms with Gasteiger partial charge in [0.15, 0.2) is 11.5 Å². The lowest BCUT2D eigenvalue weighted by Gasteiger charge is -2.13. The maximum atomic E-state index is 13.4. The number of rotatable bonds is 6. The van der Waals surface area contributed by atoms with E-state index in [9.17, 15) is 9.59 Å². The SMILES string of the molecule is COc1ccccc1Oc1nc2ccccn2c(=O)c1C=C1SC(=S)N(Cc2ccco2)C1=O. The third-order valence-electron chi connectivity index (χ3n) is 5.05. The van der Waals surface area contributed by atoms with E-state index in [1.54, 1.807) is 60.8 Å². The van der Waals surface area contributed by atoms with Gasteiger partial charge in [0.1, 0.15) is 21.3 Å². The molecule has 0 spiro atoms. The van der Waals surface area contributed by atoms with Crippen molar-refractivity contribution in [2.75, 3.05) is 7.11 Å². The van der Waals surface area contributed by atoms with E-state index < -0.39 is 0 Å². The van der Waals surface area contributed by atoms with Crippen molar-refractivity contribution < 1.29 is 18.7 Å². The summed E-state index contributed by atoms with van der Waals surface area (Å²) in [6.07, 6.45) is 4.62. The Morgan fingerprint density at radius 2 is 1.88 bits per heavy atom. The number of para-hydroxylation sites is 2. The number of nitrogens with zero attached hydrogens (tertiary/aromatic N) is 3. The highest BCUT2D eigenvalue weighted by atomic mass is 32.2. The molecule has 8 nitrogen and oxygen atoms in total. The molecule has 0 bridgehead atoms. The van der Waals surface area contributed by atoms with Crippen molar-refractivity contribution >= 4 is 45.9 Å². The van der Waals surface area contributed by atoms with E-state index in [4.69, 9.17) is 26.1 Å². The fraction of sp³-hybridized carbons (Fsp3) is 0.0833. The predicted molar refractivity (Wildman–Crippen MR) is 132 cm³/mol. The van der Waals surface area contributed by atoms with E-state index in [2.05, 4.69) is 4.98 Å². The van der Waals surface area contributed by atoms with Crippen molar-refractivity contribution in [3.63, 3.8) is 0 Å². The number of carbonyl (C=O) groups is 1. The lowest BCUT2D eigenvalue weighted by molar-refractivity contribution is -0.122. The Morgan fingerprint density at radius 3 is 2.65 bits per heavy atom. The van der Waals surface area contributed by atoms with E-state index in [-0.39, 0.29) is 34.4 Å². The number of thioether (sulfide) groups is 1. The Labute approximate surface area is 203 Å². The van der Waals surface area contributed by atoms with Crippen LogP contribution in [0.5, 0.6) is 17.4 Å². The van der Waals surface area contributed by atoms with Gasteiger partial charge >= 0.3 is 0 Å². The molecule has 1 aliphatic heterocycles. The first kappa shape index (κ1) is 21.9. The summed E-state index contributed by atoms with van der Waals surface area (Å²) in [6.45, 7) is 0.203. The molecular weight excluding hydrogens is 474 g/mol. The second kappa shape index (κ2) is 9.16. The third-order valence-corrected chi connectivity index (χ3v) is 6.43. The summed E-state index contributed by atoms with van der Waals surface area (Å²) in [7, 11) is 1.52. The van der Waals surface area contributed by atoms with Gasteiger partial charge in [0.2, 0.25) is 5.88 Å². The van der Waals surface area contributed by atoms with Crippen LogP contribution in [0.2, 0.25) is 0 Å². The van der Waals surface area contributed by atoms with Crippen LogP contribution >= 0.6 is 24.0 Å². The molecule has 1 fully saturated rings. The van der Waals surface area contributed by atoms with Crippen LogP contribution in [0.15, 0.2) is 81.2 Å². The number of benzene rings is 1. The summed E-state index contributed by atoms with van der Waals surface area (Å²) >= 11 is 6.51. The summed E-state index contributed by atoms with van der Waals surface area (Å²) in [6, 6.07) is 15.7. The summed E-state index contributed by atoms with van der Waals surface area (Å²) in [5.41, 5.74) is 0.139. The van der Waals surface area contributed by atoms with Crippen LogP contribution in [0.3, 0.4) is 0 Å². The molecule has 0 unspecified atom stereocenters. The molecule has 4 aromatic rings. The normalized spacial score (nSPS) is 14.9. The van der Waals surface area contributed by atoms with Crippen LogP contribution in [0.4, 0.5) is 0 Å². The van der Waals surface area contributed by atoms with Gasteiger partial charge in [-0.25, -0.2) is 0 Å². The third kappa shape index (κ3) is 4.09. The van der Waals surface area contributed by atoms with Gasteiger partial charge in [0.25, 0.3) is 11.5 Å². The minimum atomic E-state index is -0.383. The summed E-state index contributed by atoms with van der Waals surface area (Å²) in [4.78, 5) is 32.7. The van der Waals surface area contributed by atoms with E-state index in [1.807, 2.05) is 0 Å². The molecule has 1 amide bonds. The fourth-order valence-corrected chi connectivity index (χ4v) is 4.65. The first-order valence-electron chi connectivity index (χ1n) is 10.1. The van der Waals surface area contributed by atoms with Gasteiger partial charge < -0.3 is 13.9 Å². The largest absolute Gasteiger partial charge is 0.493 e. The molecule has 3 aromatic heterocycles. The Bertz CT molecular complexity index is 1490. The van der Waals surface area contributed by atoms with Gasteiger partial charge in [-0.15, -0.1) is 0 Å². The van der Waals surface area contributed by atoms with Gasteiger partial charge in [0, 0.05) is 6.20 Å². The lowest BCUT2D eigenvalue weighted by Crippen LogP contribution is -2.27. The first-order chi connectivity index (χ1) is 16.5. The number of aromatic nitrogens is 2. The zero-order valence-corrected chi connectivity index (χ0v) is 19.5. The second-order valence-corrected chi connectivity index (χ2v) is 8.84. The minimum Gasteiger partial charge on any atom is -0.493 e. The Balaban J connectivity index is 1.59. The number of thiocarbonyl (C=S) groups is 1. The quantitative estimate of drug-likeness (QED) is 0.288. The second-order valence-electron chi connectivity index (χ2n) is 7.16. The number of pyridine rings is 1. The lowest BCUT2D eigenvalue weighted by atomic mass is 10.2. The first-order valence-corrected chi connectivity index (χ1v) is 11.4. The minimum absolute atomic E-state index is 0.0528. The molecule has 0 aliphatic carbocycles. The summed E-state index contributed by atoms with van der Waals surface area (Å²) in [5, 5.41) is 0. The molecule has 0 radical (unpaired) electrons. The van der Waals surface area contributed by atoms with Gasteiger partial charge in [0.05, 0.1) is 24.8 Å². The molecule has 1 aliphatic rings. The summed E-state index contributed by atoms with van der Waals surface area (Å²) < 4.78 is 18.5. The maximum Gasteiger partial charge on any atom is 0.269 e. The van der Waals surface area contributed by atoms with Crippen molar-refractivity contribution in [3.8, 4) is 17.4 Å². The number of hydrogen-bond acceptors (Lipinski definition) is 8. The van der Waals surface area contributed by atoms with Gasteiger partial charge in [-0.2, -0.15) is 4.98 Å². The molecule has 0 saturated carbocycles. The van der Waals surface area contributed by atoms with Crippen LogP contribution < -0.4 is 15.0 Å². The molecule has 10 heteroatoms. The highest BCUT2D eigenvalue weighted by Crippen LogP contribution is 2.36. The Morgan fingerprint density at radius 1 is 1.09 bits per heavy atom. The highest BCUT2D eigenvalue weighted by Gasteiger charge is 2.33. The molecule has 5 rings (SSSR count). The molecule has 0 atom stereocenters. The number of fused-ring (bicyclic) bond motifs is 1. The molecule has 1 aromatic carbocycles. The van der Waals surface area contributed by atoms with Gasteiger partial charge in [-0.1, -0.05) is 42.2 Å². The number of ether oxygens (including phenoxy) is 2. The smallest absolute Gasteiger partial charge is 0.269 e. The van der Waals surface area contributed by atoms with Gasteiger partial charge in [-0.05, 0) is 42.5 Å². The number of amides is 1. The van der Waals surface area contributed by atoms with E-state index >= 15 is 0 Å².